The lowest BCUT2D eigenvalue weighted by molar-refractivity contribution is 0.483. The normalized spacial score (nSPS) is 12.0. The minimum absolute atomic E-state index is 0.245. The van der Waals surface area contributed by atoms with Crippen LogP contribution in [0.15, 0.2) is 182 Å². The van der Waals surface area contributed by atoms with Gasteiger partial charge >= 0.3 is 0 Å². The Balaban J connectivity index is 0.873. The molecule has 60 heavy (non-hydrogen) atoms. The van der Waals surface area contributed by atoms with E-state index in [4.69, 9.17) is 32.2 Å². The summed E-state index contributed by atoms with van der Waals surface area (Å²) in [6.07, 6.45) is 7.06. The van der Waals surface area contributed by atoms with Crippen molar-refractivity contribution in [2.45, 2.75) is 13.8 Å². The molecule has 0 aliphatic heterocycles. The minimum atomic E-state index is 0.245. The molecule has 0 unspecified atom stereocenters. The monoisotopic (exact) mass is 778 g/mol. The first kappa shape index (κ1) is 32.9. The molecule has 0 N–H and O–H groups in total. The number of hydrogen-bond acceptors (Lipinski definition) is 6. The number of rotatable bonds is 8. The van der Waals surface area contributed by atoms with Crippen LogP contribution in [0.4, 0.5) is 0 Å². The van der Waals surface area contributed by atoms with Gasteiger partial charge in [0.25, 0.3) is 0 Å². The summed E-state index contributed by atoms with van der Waals surface area (Å²) < 4.78 is 34.6. The quantitative estimate of drug-likeness (QED) is 0.153. The van der Waals surface area contributed by atoms with E-state index in [1.165, 1.54) is 0 Å². The van der Waals surface area contributed by atoms with E-state index in [0.29, 0.717) is 34.4 Å². The first-order chi connectivity index (χ1) is 30.3. The van der Waals surface area contributed by atoms with Gasteiger partial charge in [0, 0.05) is 57.2 Å². The minimum Gasteiger partial charge on any atom is -0.457 e. The fraction of sp³-hybridized carbons (Fsp3) is 0.0385. The number of fused-ring (bicyclic) bond motifs is 6. The standard InChI is InChI=1S/C52H36N6O2/c1-33-21-23-53-51(25-33)57-47-15-5-3-13-41(47)43-19-17-39(29-49(43)57)59-37-11-7-9-35(27-37)45-31-56-46(32-55-45)36-10-8-12-38(28-36)60-40-18-20-44-42-14-4-6-16-48(42)58(50(44)30-40)52-26-34(2)22-24-54-52/h3-32H,1-2H3/i11D,12D. The molecule has 0 radical (unpaired) electrons. The molecule has 11 rings (SSSR count). The molecule has 8 nitrogen and oxygen atoms in total. The fourth-order valence-corrected chi connectivity index (χ4v) is 8.01. The molecule has 8 heteroatoms. The number of ether oxygens (including phenoxy) is 2. The summed E-state index contributed by atoms with van der Waals surface area (Å²) in [4.78, 5) is 18.9. The molecule has 0 amide bonds. The second-order valence-corrected chi connectivity index (χ2v) is 14.8. The van der Waals surface area contributed by atoms with Gasteiger partial charge in [-0.25, -0.2) is 9.97 Å². The van der Waals surface area contributed by atoms with E-state index in [0.717, 1.165) is 77.5 Å². The van der Waals surface area contributed by atoms with Crippen molar-refractivity contribution in [3.8, 4) is 57.1 Å². The van der Waals surface area contributed by atoms with Crippen LogP contribution >= 0.6 is 0 Å². The van der Waals surface area contributed by atoms with Crippen molar-refractivity contribution in [2.75, 3.05) is 0 Å². The van der Waals surface area contributed by atoms with E-state index in [1.54, 1.807) is 24.5 Å². The number of pyridine rings is 2. The molecule has 0 spiro atoms. The highest BCUT2D eigenvalue weighted by molar-refractivity contribution is 6.10. The fourth-order valence-electron chi connectivity index (χ4n) is 8.01. The lowest BCUT2D eigenvalue weighted by Gasteiger charge is -2.11. The number of hydrogen-bond donors (Lipinski definition) is 0. The van der Waals surface area contributed by atoms with Gasteiger partial charge in [-0.3, -0.25) is 19.1 Å². The number of aromatic nitrogens is 6. The third-order valence-electron chi connectivity index (χ3n) is 10.8. The molecule has 11 aromatic rings. The number of benzene rings is 6. The van der Waals surface area contributed by atoms with Gasteiger partial charge in [0.15, 0.2) is 0 Å². The molecule has 0 saturated carbocycles. The van der Waals surface area contributed by atoms with Gasteiger partial charge in [0.1, 0.15) is 34.6 Å². The Bertz CT molecular complexity index is 3310. The van der Waals surface area contributed by atoms with Gasteiger partial charge in [-0.1, -0.05) is 60.7 Å². The molecule has 5 aromatic heterocycles. The summed E-state index contributed by atoms with van der Waals surface area (Å²) in [6, 6.07) is 47.9. The molecule has 5 heterocycles. The van der Waals surface area contributed by atoms with Crippen LogP contribution in [0.2, 0.25) is 0 Å². The van der Waals surface area contributed by atoms with E-state index in [2.05, 4.69) is 71.5 Å². The van der Waals surface area contributed by atoms with E-state index in [1.807, 2.05) is 97.3 Å². The maximum Gasteiger partial charge on any atom is 0.137 e. The maximum absolute atomic E-state index is 8.71. The van der Waals surface area contributed by atoms with E-state index in [-0.39, 0.29) is 12.1 Å². The Hall–Kier alpha value is -8.10. The lowest BCUT2D eigenvalue weighted by Crippen LogP contribution is -1.97. The highest BCUT2D eigenvalue weighted by Gasteiger charge is 2.16. The van der Waals surface area contributed by atoms with E-state index >= 15 is 0 Å². The van der Waals surface area contributed by atoms with E-state index < -0.39 is 0 Å². The summed E-state index contributed by atoms with van der Waals surface area (Å²) in [5, 5.41) is 4.41. The zero-order chi connectivity index (χ0) is 41.9. The number of aryl methyl sites for hydroxylation is 2. The molecule has 0 fully saturated rings. The third kappa shape index (κ3) is 6.27. The molecule has 0 atom stereocenters. The molecule has 0 aliphatic carbocycles. The first-order valence-corrected chi connectivity index (χ1v) is 19.7. The summed E-state index contributed by atoms with van der Waals surface area (Å²) in [5.74, 6) is 3.64. The zero-order valence-corrected chi connectivity index (χ0v) is 32.7. The average molecular weight is 779 g/mol. The Labute approximate surface area is 348 Å². The van der Waals surface area contributed by atoms with Gasteiger partial charge in [0.2, 0.25) is 0 Å². The summed E-state index contributed by atoms with van der Waals surface area (Å²) in [5.41, 5.74) is 9.02. The highest BCUT2D eigenvalue weighted by atomic mass is 16.5. The van der Waals surface area contributed by atoms with Crippen molar-refractivity contribution < 1.29 is 12.2 Å². The van der Waals surface area contributed by atoms with Crippen LogP contribution < -0.4 is 9.47 Å². The molecular formula is C52H36N6O2. The molecule has 286 valence electrons. The van der Waals surface area contributed by atoms with Crippen LogP contribution in [-0.2, 0) is 0 Å². The van der Waals surface area contributed by atoms with Crippen LogP contribution in [0.5, 0.6) is 23.0 Å². The van der Waals surface area contributed by atoms with E-state index in [9.17, 15) is 0 Å². The topological polar surface area (TPSA) is 79.9 Å². The summed E-state index contributed by atoms with van der Waals surface area (Å²) in [7, 11) is 0. The van der Waals surface area contributed by atoms with Gasteiger partial charge in [-0.15, -0.1) is 0 Å². The van der Waals surface area contributed by atoms with Crippen molar-refractivity contribution in [2.24, 2.45) is 0 Å². The highest BCUT2D eigenvalue weighted by Crippen LogP contribution is 2.37. The molecule has 6 aromatic carbocycles. The van der Waals surface area contributed by atoms with Crippen LogP contribution in [0, 0.1) is 13.8 Å². The van der Waals surface area contributed by atoms with Crippen LogP contribution in [0.25, 0.3) is 77.8 Å². The predicted molar refractivity (Wildman–Crippen MR) is 240 cm³/mol. The molecular weight excluding hydrogens is 741 g/mol. The molecule has 0 saturated heterocycles. The maximum atomic E-state index is 8.71. The van der Waals surface area contributed by atoms with Crippen molar-refractivity contribution in [1.82, 2.24) is 29.1 Å². The van der Waals surface area contributed by atoms with Crippen LogP contribution in [0.1, 0.15) is 13.9 Å². The van der Waals surface area contributed by atoms with Crippen molar-refractivity contribution in [3.63, 3.8) is 0 Å². The molecule has 0 aliphatic rings. The summed E-state index contributed by atoms with van der Waals surface area (Å²) >= 11 is 0. The second kappa shape index (κ2) is 14.4. The largest absolute Gasteiger partial charge is 0.457 e. The average Bonchev–Trinajstić information content (AvgIpc) is 3.80. The number of nitrogens with zero attached hydrogens (tertiary/aromatic N) is 6. The van der Waals surface area contributed by atoms with Crippen molar-refractivity contribution in [3.05, 3.63) is 194 Å². The zero-order valence-electron chi connectivity index (χ0n) is 34.7. The van der Waals surface area contributed by atoms with Gasteiger partial charge in [-0.05, 0) is 110 Å². The van der Waals surface area contributed by atoms with Gasteiger partial charge < -0.3 is 9.47 Å². The third-order valence-corrected chi connectivity index (χ3v) is 10.8. The molecule has 0 bridgehead atoms. The van der Waals surface area contributed by atoms with Crippen molar-refractivity contribution in [1.29, 1.82) is 0 Å². The second-order valence-electron chi connectivity index (χ2n) is 14.8. The van der Waals surface area contributed by atoms with Crippen LogP contribution in [-0.4, -0.2) is 29.1 Å². The Kier molecular flexibility index (Phi) is 7.89. The smallest absolute Gasteiger partial charge is 0.137 e. The van der Waals surface area contributed by atoms with Crippen LogP contribution in [0.3, 0.4) is 0 Å². The van der Waals surface area contributed by atoms with Crippen molar-refractivity contribution >= 4 is 43.6 Å². The van der Waals surface area contributed by atoms with Gasteiger partial charge in [-0.2, -0.15) is 0 Å². The number of para-hydroxylation sites is 2. The predicted octanol–water partition coefficient (Wildman–Crippen LogP) is 13.0. The summed E-state index contributed by atoms with van der Waals surface area (Å²) in [6.45, 7) is 4.12. The Morgan fingerprint density at radius 1 is 0.417 bits per heavy atom. The lowest BCUT2D eigenvalue weighted by atomic mass is 10.1. The van der Waals surface area contributed by atoms with Gasteiger partial charge in [0.05, 0.1) is 48.6 Å². The SMILES string of the molecule is [2H]c1ccc(-c2cnc(-c3ccc([2H])c(Oc4ccc5c6ccccc6n(-c6cc(C)ccn6)c5c4)c3)cn2)cc1Oc1ccc2c3ccccc3n(-c3cc(C)ccn3)c2c1. The first-order valence-electron chi connectivity index (χ1n) is 20.7. The Morgan fingerprint density at radius 2 is 0.867 bits per heavy atom. The Morgan fingerprint density at radius 3 is 1.32 bits per heavy atom.